The lowest BCUT2D eigenvalue weighted by Gasteiger charge is -2.08. The Morgan fingerprint density at radius 2 is 0.882 bits per heavy atom. The smallest absolute Gasteiger partial charge is 0.343 e. The molecule has 0 spiro atoms. The van der Waals surface area contributed by atoms with Crippen molar-refractivity contribution in [1.82, 2.24) is 0 Å². The van der Waals surface area contributed by atoms with Crippen LogP contribution in [0.5, 0.6) is 28.7 Å². The van der Waals surface area contributed by atoms with Gasteiger partial charge in [-0.3, -0.25) is 9.59 Å². The average Bonchev–Trinajstić information content (AvgIpc) is 3.12. The molecule has 0 aliphatic rings. The van der Waals surface area contributed by atoms with E-state index in [4.69, 9.17) is 28.4 Å². The van der Waals surface area contributed by atoms with Gasteiger partial charge in [0.25, 0.3) is 0 Å². The zero-order valence-corrected chi connectivity index (χ0v) is 27.7. The van der Waals surface area contributed by atoms with Gasteiger partial charge < -0.3 is 28.4 Å². The molecule has 0 N–H and O–H groups in total. The summed E-state index contributed by atoms with van der Waals surface area (Å²) in [5, 5.41) is 0. The van der Waals surface area contributed by atoms with Gasteiger partial charge in [-0.15, -0.1) is 0 Å². The van der Waals surface area contributed by atoms with Crippen LogP contribution in [0.2, 0.25) is 0 Å². The lowest BCUT2D eigenvalue weighted by molar-refractivity contribution is -0.134. The lowest BCUT2D eigenvalue weighted by atomic mass is 10.1. The van der Waals surface area contributed by atoms with Crippen molar-refractivity contribution in [2.24, 2.45) is 0 Å². The molecule has 0 unspecified atom stereocenters. The predicted molar refractivity (Wildman–Crippen MR) is 182 cm³/mol. The minimum Gasteiger partial charge on any atom is -0.462 e. The zero-order chi connectivity index (χ0) is 36.6. The van der Waals surface area contributed by atoms with Crippen LogP contribution in [0.1, 0.15) is 70.1 Å². The molecule has 0 aliphatic heterocycles. The number of carbonyl (C=O) groups excluding carboxylic acids is 6. The number of unbranched alkanes of at least 4 members (excludes halogenated alkanes) is 3. The number of esters is 6. The summed E-state index contributed by atoms with van der Waals surface area (Å²) in [5.74, 6) is -1.86. The molecular formula is C39H34O12. The molecule has 0 radical (unpaired) electrons. The lowest BCUT2D eigenvalue weighted by Crippen LogP contribution is -2.10. The second-order valence-corrected chi connectivity index (χ2v) is 10.8. The van der Waals surface area contributed by atoms with E-state index in [1.807, 2.05) is 0 Å². The van der Waals surface area contributed by atoms with Crippen LogP contribution in [0.15, 0.2) is 110 Å². The Balaban J connectivity index is 1.07. The van der Waals surface area contributed by atoms with Gasteiger partial charge in [-0.05, 0) is 110 Å². The Morgan fingerprint density at radius 3 is 1.35 bits per heavy atom. The highest BCUT2D eigenvalue weighted by Gasteiger charge is 2.13. The van der Waals surface area contributed by atoms with Crippen molar-refractivity contribution in [2.45, 2.75) is 39.0 Å². The molecule has 0 heterocycles. The minimum absolute atomic E-state index is 0.200. The van der Waals surface area contributed by atoms with Crippen molar-refractivity contribution in [1.29, 1.82) is 0 Å². The topological polar surface area (TPSA) is 158 Å². The fourth-order valence-corrected chi connectivity index (χ4v) is 4.36. The molecule has 0 aliphatic carbocycles. The van der Waals surface area contributed by atoms with E-state index in [0.29, 0.717) is 29.9 Å². The molecule has 0 saturated heterocycles. The molecule has 0 bridgehead atoms. The number of benzene rings is 4. The molecule has 262 valence electrons. The van der Waals surface area contributed by atoms with E-state index in [0.717, 1.165) is 18.9 Å². The monoisotopic (exact) mass is 694 g/mol. The van der Waals surface area contributed by atoms with E-state index in [1.165, 1.54) is 104 Å². The van der Waals surface area contributed by atoms with Gasteiger partial charge in [0.1, 0.15) is 28.7 Å². The summed E-state index contributed by atoms with van der Waals surface area (Å²) in [7, 11) is 0. The Morgan fingerprint density at radius 1 is 0.490 bits per heavy atom. The summed E-state index contributed by atoms with van der Waals surface area (Å²) in [6.45, 7) is 4.81. The molecule has 12 heteroatoms. The molecule has 0 amide bonds. The van der Waals surface area contributed by atoms with Crippen LogP contribution < -0.4 is 23.7 Å². The van der Waals surface area contributed by atoms with Gasteiger partial charge in [0.2, 0.25) is 0 Å². The number of carbonyl (C=O) groups is 6. The summed E-state index contributed by atoms with van der Waals surface area (Å²) in [6, 6.07) is 23.7. The standard InChI is InChI=1S/C39H34O12/c1-3-35(41)48-31-17-13-29(14-18-31)39(45)51-34-23-21-32(22-24-34)49-36(42)8-6-4-5-7-25-46-37(43)27-9-19-33(20-10-27)50-38(44)28-11-15-30(16-12-28)47-26(2)40/h3,9-24H,1,4-8,25H2,2H3. The van der Waals surface area contributed by atoms with Crippen molar-refractivity contribution in [3.05, 3.63) is 126 Å². The van der Waals surface area contributed by atoms with E-state index < -0.39 is 35.8 Å². The predicted octanol–water partition coefficient (Wildman–Crippen LogP) is 6.85. The molecule has 4 aromatic carbocycles. The molecule has 12 nitrogen and oxygen atoms in total. The van der Waals surface area contributed by atoms with Crippen LogP contribution in [0, 0.1) is 0 Å². The third kappa shape index (κ3) is 12.4. The summed E-state index contributed by atoms with van der Waals surface area (Å²) >= 11 is 0. The van der Waals surface area contributed by atoms with Crippen molar-refractivity contribution >= 4 is 35.8 Å². The Labute approximate surface area is 293 Å². The molecule has 4 aromatic rings. The fourth-order valence-electron chi connectivity index (χ4n) is 4.36. The SMILES string of the molecule is C=CC(=O)Oc1ccc(C(=O)Oc2ccc(OC(=O)CCCCCCOC(=O)c3ccc(OC(=O)c4ccc(OC(C)=O)cc4)cc3)cc2)cc1. The highest BCUT2D eigenvalue weighted by molar-refractivity contribution is 5.92. The molecule has 0 saturated carbocycles. The second kappa shape index (κ2) is 18.8. The van der Waals surface area contributed by atoms with Gasteiger partial charge in [0, 0.05) is 19.4 Å². The maximum absolute atomic E-state index is 12.4. The van der Waals surface area contributed by atoms with E-state index in [2.05, 4.69) is 6.58 Å². The number of hydrogen-bond donors (Lipinski definition) is 0. The van der Waals surface area contributed by atoms with Crippen LogP contribution in [-0.4, -0.2) is 42.4 Å². The Kier molecular flexibility index (Phi) is 13.8. The first-order valence-corrected chi connectivity index (χ1v) is 15.8. The quantitative estimate of drug-likeness (QED) is 0.0520. The highest BCUT2D eigenvalue weighted by Crippen LogP contribution is 2.21. The molecule has 51 heavy (non-hydrogen) atoms. The fraction of sp³-hybridized carbons (Fsp3) is 0.179. The third-order valence-corrected chi connectivity index (χ3v) is 6.90. The van der Waals surface area contributed by atoms with Crippen molar-refractivity contribution in [3.8, 4) is 28.7 Å². The maximum atomic E-state index is 12.4. The Bertz CT molecular complexity index is 1840. The summed E-state index contributed by atoms with van der Waals surface area (Å²) in [4.78, 5) is 71.7. The zero-order valence-electron chi connectivity index (χ0n) is 27.7. The van der Waals surface area contributed by atoms with Crippen molar-refractivity contribution < 1.29 is 57.2 Å². The number of ether oxygens (including phenoxy) is 6. The molecule has 0 fully saturated rings. The van der Waals surface area contributed by atoms with Gasteiger partial charge in [-0.2, -0.15) is 0 Å². The average molecular weight is 695 g/mol. The van der Waals surface area contributed by atoms with Crippen LogP contribution in [0.3, 0.4) is 0 Å². The normalized spacial score (nSPS) is 10.3. The maximum Gasteiger partial charge on any atom is 0.343 e. The van der Waals surface area contributed by atoms with Crippen molar-refractivity contribution in [2.75, 3.05) is 6.61 Å². The molecule has 4 rings (SSSR count). The molecule has 0 aromatic heterocycles. The van der Waals surface area contributed by atoms with Crippen LogP contribution >= 0.6 is 0 Å². The first kappa shape index (κ1) is 37.3. The van der Waals surface area contributed by atoms with Gasteiger partial charge in [0.15, 0.2) is 0 Å². The third-order valence-electron chi connectivity index (χ3n) is 6.90. The van der Waals surface area contributed by atoms with Gasteiger partial charge in [-0.1, -0.05) is 19.4 Å². The van der Waals surface area contributed by atoms with E-state index in [9.17, 15) is 28.8 Å². The number of hydrogen-bond acceptors (Lipinski definition) is 12. The minimum atomic E-state index is -0.616. The van der Waals surface area contributed by atoms with Crippen LogP contribution in [0.25, 0.3) is 0 Å². The summed E-state index contributed by atoms with van der Waals surface area (Å²) in [6.07, 6.45) is 3.89. The summed E-state index contributed by atoms with van der Waals surface area (Å²) in [5.41, 5.74) is 0.809. The second-order valence-electron chi connectivity index (χ2n) is 10.8. The van der Waals surface area contributed by atoms with E-state index >= 15 is 0 Å². The first-order chi connectivity index (χ1) is 24.6. The van der Waals surface area contributed by atoms with Crippen LogP contribution in [0.4, 0.5) is 0 Å². The Hall–Kier alpha value is -6.56. The van der Waals surface area contributed by atoms with Gasteiger partial charge in [0.05, 0.1) is 23.3 Å². The largest absolute Gasteiger partial charge is 0.462 e. The molecule has 0 atom stereocenters. The first-order valence-electron chi connectivity index (χ1n) is 15.8. The summed E-state index contributed by atoms with van der Waals surface area (Å²) < 4.78 is 31.2. The van der Waals surface area contributed by atoms with E-state index in [-0.39, 0.29) is 41.4 Å². The highest BCUT2D eigenvalue weighted by atomic mass is 16.6. The van der Waals surface area contributed by atoms with Crippen molar-refractivity contribution in [3.63, 3.8) is 0 Å². The van der Waals surface area contributed by atoms with E-state index in [1.54, 1.807) is 0 Å². The number of rotatable bonds is 16. The van der Waals surface area contributed by atoms with Gasteiger partial charge in [-0.25, -0.2) is 19.2 Å². The molecular weight excluding hydrogens is 660 g/mol. The van der Waals surface area contributed by atoms with Gasteiger partial charge >= 0.3 is 35.8 Å². The van der Waals surface area contributed by atoms with Crippen LogP contribution in [-0.2, 0) is 19.1 Å².